The van der Waals surface area contributed by atoms with E-state index in [0.29, 0.717) is 26.1 Å². The molecule has 1 aliphatic rings. The van der Waals surface area contributed by atoms with Crippen molar-refractivity contribution < 1.29 is 17.6 Å². The topological polar surface area (TPSA) is 83.7 Å². The maximum absolute atomic E-state index is 13.0. The molecular formula is C16H25ClFN3O3S. The number of amides is 1. The standard InChI is InChI=1S/C16H24FN3O3S.ClH/c1-12(13(2)18)16(21)19-8-3-9-20(11-10-19)24(22,23)15-6-4-14(17)5-7-15;/h4-7,12-13H,3,8-11,18H2,1-2H3;1H. The van der Waals surface area contributed by atoms with Crippen LogP contribution in [0.4, 0.5) is 4.39 Å². The van der Waals surface area contributed by atoms with Gasteiger partial charge in [-0.05, 0) is 37.6 Å². The zero-order valence-corrected chi connectivity index (χ0v) is 16.0. The van der Waals surface area contributed by atoms with Crippen molar-refractivity contribution in [1.29, 1.82) is 0 Å². The first-order valence-electron chi connectivity index (χ1n) is 8.03. The highest BCUT2D eigenvalue weighted by molar-refractivity contribution is 7.89. The van der Waals surface area contributed by atoms with E-state index in [0.717, 1.165) is 12.1 Å². The lowest BCUT2D eigenvalue weighted by atomic mass is 10.0. The summed E-state index contributed by atoms with van der Waals surface area (Å²) >= 11 is 0. The van der Waals surface area contributed by atoms with Crippen molar-refractivity contribution in [3.05, 3.63) is 30.1 Å². The van der Waals surface area contributed by atoms with E-state index in [4.69, 9.17) is 5.73 Å². The van der Waals surface area contributed by atoms with Gasteiger partial charge in [0.05, 0.1) is 10.8 Å². The van der Waals surface area contributed by atoms with Gasteiger partial charge in [0.25, 0.3) is 0 Å². The molecule has 1 saturated heterocycles. The van der Waals surface area contributed by atoms with Crippen molar-refractivity contribution in [2.45, 2.75) is 31.2 Å². The summed E-state index contributed by atoms with van der Waals surface area (Å²) in [7, 11) is -3.68. The zero-order chi connectivity index (χ0) is 17.9. The Kier molecular flexibility index (Phi) is 7.80. The Morgan fingerprint density at radius 1 is 1.12 bits per heavy atom. The van der Waals surface area contributed by atoms with Gasteiger partial charge in [-0.25, -0.2) is 12.8 Å². The third-order valence-corrected chi connectivity index (χ3v) is 6.31. The average molecular weight is 394 g/mol. The molecular weight excluding hydrogens is 369 g/mol. The number of rotatable bonds is 4. The molecule has 0 radical (unpaired) electrons. The summed E-state index contributed by atoms with van der Waals surface area (Å²) in [5.41, 5.74) is 5.78. The van der Waals surface area contributed by atoms with E-state index < -0.39 is 15.8 Å². The maximum Gasteiger partial charge on any atom is 0.243 e. The highest BCUT2D eigenvalue weighted by atomic mass is 35.5. The number of halogens is 2. The number of nitrogens with two attached hydrogens (primary N) is 1. The quantitative estimate of drug-likeness (QED) is 0.839. The normalized spacial score (nSPS) is 18.8. The Labute approximate surface area is 154 Å². The molecule has 0 bridgehead atoms. The molecule has 0 aliphatic carbocycles. The Morgan fingerprint density at radius 2 is 1.72 bits per heavy atom. The summed E-state index contributed by atoms with van der Waals surface area (Å²) in [6.45, 7) is 4.95. The second-order valence-electron chi connectivity index (χ2n) is 6.18. The molecule has 1 aromatic rings. The lowest BCUT2D eigenvalue weighted by Gasteiger charge is -2.26. The van der Waals surface area contributed by atoms with Gasteiger partial charge in [-0.2, -0.15) is 4.31 Å². The van der Waals surface area contributed by atoms with Gasteiger partial charge in [0.1, 0.15) is 5.82 Å². The molecule has 2 unspecified atom stereocenters. The monoisotopic (exact) mass is 393 g/mol. The van der Waals surface area contributed by atoms with Gasteiger partial charge >= 0.3 is 0 Å². The van der Waals surface area contributed by atoms with E-state index >= 15 is 0 Å². The van der Waals surface area contributed by atoms with Gasteiger partial charge in [0.2, 0.25) is 15.9 Å². The molecule has 1 fully saturated rings. The number of carbonyl (C=O) groups excluding carboxylic acids is 1. The summed E-state index contributed by atoms with van der Waals surface area (Å²) in [5, 5.41) is 0. The third-order valence-electron chi connectivity index (χ3n) is 4.40. The van der Waals surface area contributed by atoms with Gasteiger partial charge in [-0.1, -0.05) is 6.92 Å². The molecule has 1 heterocycles. The van der Waals surface area contributed by atoms with Crippen molar-refractivity contribution in [3.8, 4) is 0 Å². The Morgan fingerprint density at radius 3 is 2.28 bits per heavy atom. The fourth-order valence-electron chi connectivity index (χ4n) is 2.62. The third kappa shape index (κ3) is 5.13. The Hall–Kier alpha value is -1.22. The summed E-state index contributed by atoms with van der Waals surface area (Å²) in [5.74, 6) is -0.831. The summed E-state index contributed by atoms with van der Waals surface area (Å²) < 4.78 is 39.7. The van der Waals surface area contributed by atoms with Crippen LogP contribution in [0.15, 0.2) is 29.2 Å². The van der Waals surface area contributed by atoms with E-state index in [1.165, 1.54) is 16.4 Å². The largest absolute Gasteiger partial charge is 0.341 e. The number of sulfonamides is 1. The molecule has 2 atom stereocenters. The van der Waals surface area contributed by atoms with Crippen LogP contribution < -0.4 is 5.73 Å². The molecule has 0 saturated carbocycles. The molecule has 2 N–H and O–H groups in total. The van der Waals surface area contributed by atoms with Crippen LogP contribution in [-0.4, -0.2) is 55.8 Å². The number of benzene rings is 1. The predicted molar refractivity (Wildman–Crippen MR) is 96.4 cm³/mol. The minimum absolute atomic E-state index is 0. The van der Waals surface area contributed by atoms with Crippen LogP contribution in [0.3, 0.4) is 0 Å². The van der Waals surface area contributed by atoms with Gasteiger partial charge in [0, 0.05) is 32.2 Å². The van der Waals surface area contributed by atoms with E-state index in [-0.39, 0.29) is 41.7 Å². The van der Waals surface area contributed by atoms with Gasteiger partial charge in [-0.3, -0.25) is 4.79 Å². The fraction of sp³-hybridized carbons (Fsp3) is 0.562. The van der Waals surface area contributed by atoms with Crippen molar-refractivity contribution in [2.75, 3.05) is 26.2 Å². The second-order valence-corrected chi connectivity index (χ2v) is 8.12. The molecule has 1 aromatic carbocycles. The smallest absolute Gasteiger partial charge is 0.243 e. The van der Waals surface area contributed by atoms with Crippen LogP contribution >= 0.6 is 12.4 Å². The van der Waals surface area contributed by atoms with Crippen LogP contribution in [0, 0.1) is 11.7 Å². The number of carbonyl (C=O) groups is 1. The van der Waals surface area contributed by atoms with Crippen LogP contribution in [0.25, 0.3) is 0 Å². The number of hydrogen-bond acceptors (Lipinski definition) is 4. The SMILES string of the molecule is CC(N)C(C)C(=O)N1CCCN(S(=O)(=O)c2ccc(F)cc2)CC1.Cl. The first-order valence-corrected chi connectivity index (χ1v) is 9.47. The predicted octanol–water partition coefficient (Wildman–Crippen LogP) is 1.45. The number of nitrogens with zero attached hydrogens (tertiary/aromatic N) is 2. The highest BCUT2D eigenvalue weighted by Crippen LogP contribution is 2.19. The van der Waals surface area contributed by atoms with E-state index in [1.807, 2.05) is 0 Å². The van der Waals surface area contributed by atoms with E-state index in [2.05, 4.69) is 0 Å². The van der Waals surface area contributed by atoms with Crippen molar-refractivity contribution in [2.24, 2.45) is 11.7 Å². The van der Waals surface area contributed by atoms with Crippen LogP contribution in [0.2, 0.25) is 0 Å². The Balaban J connectivity index is 0.00000312. The van der Waals surface area contributed by atoms with Crippen molar-refractivity contribution in [1.82, 2.24) is 9.21 Å². The summed E-state index contributed by atoms with van der Waals surface area (Å²) in [4.78, 5) is 14.1. The van der Waals surface area contributed by atoms with Crippen LogP contribution in [-0.2, 0) is 14.8 Å². The molecule has 2 rings (SSSR count). The average Bonchev–Trinajstić information content (AvgIpc) is 2.80. The highest BCUT2D eigenvalue weighted by Gasteiger charge is 2.30. The fourth-order valence-corrected chi connectivity index (χ4v) is 4.09. The molecule has 9 heteroatoms. The molecule has 142 valence electrons. The molecule has 0 aromatic heterocycles. The van der Waals surface area contributed by atoms with Crippen molar-refractivity contribution >= 4 is 28.3 Å². The van der Waals surface area contributed by atoms with Gasteiger partial charge < -0.3 is 10.6 Å². The maximum atomic E-state index is 13.0. The first-order chi connectivity index (χ1) is 11.2. The molecule has 6 nitrogen and oxygen atoms in total. The van der Waals surface area contributed by atoms with Gasteiger partial charge in [-0.15, -0.1) is 12.4 Å². The van der Waals surface area contributed by atoms with Crippen LogP contribution in [0.5, 0.6) is 0 Å². The van der Waals surface area contributed by atoms with Crippen molar-refractivity contribution in [3.63, 3.8) is 0 Å². The van der Waals surface area contributed by atoms with Gasteiger partial charge in [0.15, 0.2) is 0 Å². The minimum Gasteiger partial charge on any atom is -0.341 e. The lowest BCUT2D eigenvalue weighted by molar-refractivity contribution is -0.135. The summed E-state index contributed by atoms with van der Waals surface area (Å²) in [6.07, 6.45) is 0.553. The van der Waals surface area contributed by atoms with Crippen LogP contribution in [0.1, 0.15) is 20.3 Å². The van der Waals surface area contributed by atoms with E-state index in [9.17, 15) is 17.6 Å². The van der Waals surface area contributed by atoms with E-state index in [1.54, 1.807) is 18.7 Å². The lowest BCUT2D eigenvalue weighted by Crippen LogP contribution is -2.43. The second kappa shape index (κ2) is 8.93. The number of hydrogen-bond donors (Lipinski definition) is 1. The molecule has 25 heavy (non-hydrogen) atoms. The Bertz CT molecular complexity index is 682. The zero-order valence-electron chi connectivity index (χ0n) is 14.4. The molecule has 0 spiro atoms. The minimum atomic E-state index is -3.68. The first kappa shape index (κ1) is 21.8. The summed E-state index contributed by atoms with van der Waals surface area (Å²) in [6, 6.07) is 4.53. The molecule has 1 aliphatic heterocycles. The molecule has 1 amide bonds.